The number of aromatic nitrogens is 2. The fraction of sp³-hybridized carbons (Fsp3) is 0.429. The number of ether oxygens (including phenoxy) is 1. The number of fused-ring (bicyclic) bond motifs is 2. The second-order valence-electron chi connectivity index (χ2n) is 10.3. The summed E-state index contributed by atoms with van der Waals surface area (Å²) in [4.78, 5) is 23.6. The molecule has 8 heteroatoms. The third kappa shape index (κ3) is 3.95. The number of amides is 1. The highest BCUT2D eigenvalue weighted by molar-refractivity contribution is 6.31. The first-order valence-corrected chi connectivity index (χ1v) is 13.2. The van der Waals surface area contributed by atoms with Crippen LogP contribution in [-0.4, -0.2) is 53.6 Å². The number of carbonyl (C=O) groups is 1. The molecule has 1 aliphatic carbocycles. The quantitative estimate of drug-likeness (QED) is 0.406. The van der Waals surface area contributed by atoms with E-state index < -0.39 is 0 Å². The molecule has 0 bridgehead atoms. The van der Waals surface area contributed by atoms with Crippen molar-refractivity contribution in [2.75, 3.05) is 32.1 Å². The molecule has 0 unspecified atom stereocenters. The van der Waals surface area contributed by atoms with Crippen LogP contribution in [0.5, 0.6) is 5.75 Å². The molecule has 3 aromatic rings. The molecular weight excluding hydrogens is 474 g/mol. The standard InChI is InChI=1S/C28H32ClN5O2/c1-3-18-20(29)7-4-8-21(18)32-25-23-26(28(10-11-28)16-31-27(23)35)33-24(25)19-9-12-30-14-22(19)36-15-17-6-5-13-34(17)2/h4,7-9,12,14,17,32-33H,3,5-6,10-11,13,15-16H2,1-2H3,(H,31,35)/t17-/m0/s1. The predicted octanol–water partition coefficient (Wildman–Crippen LogP) is 5.28. The summed E-state index contributed by atoms with van der Waals surface area (Å²) in [6.45, 7) is 4.46. The Bertz CT molecular complexity index is 1320. The molecule has 7 nitrogen and oxygen atoms in total. The third-order valence-corrected chi connectivity index (χ3v) is 8.44. The van der Waals surface area contributed by atoms with E-state index in [1.54, 1.807) is 12.4 Å². The molecule has 1 spiro atoms. The van der Waals surface area contributed by atoms with E-state index in [-0.39, 0.29) is 11.3 Å². The average Bonchev–Trinajstić information content (AvgIpc) is 3.38. The van der Waals surface area contributed by atoms with Gasteiger partial charge in [0.25, 0.3) is 5.91 Å². The number of likely N-dealkylation sites (N-methyl/N-ethyl adjacent to an activating group) is 1. The van der Waals surface area contributed by atoms with E-state index >= 15 is 0 Å². The fourth-order valence-corrected chi connectivity index (χ4v) is 6.01. The third-order valence-electron chi connectivity index (χ3n) is 8.09. The van der Waals surface area contributed by atoms with E-state index in [1.165, 1.54) is 6.42 Å². The lowest BCUT2D eigenvalue weighted by atomic mass is 9.93. The molecule has 0 radical (unpaired) electrons. The van der Waals surface area contributed by atoms with Crippen LogP contribution in [0, 0.1) is 0 Å². The van der Waals surface area contributed by atoms with E-state index in [0.717, 1.165) is 66.1 Å². The molecule has 4 heterocycles. The molecule has 2 aromatic heterocycles. The average molecular weight is 506 g/mol. The monoisotopic (exact) mass is 505 g/mol. The van der Waals surface area contributed by atoms with Crippen molar-refractivity contribution in [1.82, 2.24) is 20.2 Å². The minimum absolute atomic E-state index is 0.0134. The zero-order valence-electron chi connectivity index (χ0n) is 20.8. The van der Waals surface area contributed by atoms with Crippen LogP contribution in [0.3, 0.4) is 0 Å². The van der Waals surface area contributed by atoms with Gasteiger partial charge in [-0.25, -0.2) is 0 Å². The summed E-state index contributed by atoms with van der Waals surface area (Å²) in [6, 6.07) is 8.21. The summed E-state index contributed by atoms with van der Waals surface area (Å²) in [5, 5.41) is 7.45. The van der Waals surface area contributed by atoms with Gasteiger partial charge in [-0.2, -0.15) is 0 Å². The fourth-order valence-electron chi connectivity index (χ4n) is 5.70. The predicted molar refractivity (Wildman–Crippen MR) is 143 cm³/mol. The lowest BCUT2D eigenvalue weighted by Gasteiger charge is -2.23. The summed E-state index contributed by atoms with van der Waals surface area (Å²) < 4.78 is 6.37. The van der Waals surface area contributed by atoms with Crippen molar-refractivity contribution in [3.8, 4) is 17.0 Å². The number of anilines is 2. The van der Waals surface area contributed by atoms with Crippen molar-refractivity contribution in [2.45, 2.75) is 50.5 Å². The Balaban J connectivity index is 1.46. The molecule has 3 N–H and O–H groups in total. The number of benzene rings is 1. The minimum Gasteiger partial charge on any atom is -0.490 e. The molecule has 6 rings (SSSR count). The summed E-state index contributed by atoms with van der Waals surface area (Å²) >= 11 is 6.53. The number of carbonyl (C=O) groups excluding carboxylic acids is 1. The summed E-state index contributed by atoms with van der Waals surface area (Å²) in [5.41, 5.74) is 6.12. The van der Waals surface area contributed by atoms with Crippen molar-refractivity contribution >= 4 is 28.9 Å². The molecule has 1 amide bonds. The van der Waals surface area contributed by atoms with Crippen LogP contribution in [-0.2, 0) is 11.8 Å². The Labute approximate surface area is 216 Å². The number of hydrogen-bond acceptors (Lipinski definition) is 5. The largest absolute Gasteiger partial charge is 0.490 e. The zero-order chi connectivity index (χ0) is 24.9. The highest BCUT2D eigenvalue weighted by Crippen LogP contribution is 2.54. The van der Waals surface area contributed by atoms with Gasteiger partial charge >= 0.3 is 0 Å². The lowest BCUT2D eigenvalue weighted by Crippen LogP contribution is -2.39. The molecule has 1 aromatic carbocycles. The van der Waals surface area contributed by atoms with Gasteiger partial charge in [-0.15, -0.1) is 0 Å². The molecule has 2 fully saturated rings. The van der Waals surface area contributed by atoms with Crippen LogP contribution in [0.4, 0.5) is 11.4 Å². The van der Waals surface area contributed by atoms with E-state index in [4.69, 9.17) is 16.3 Å². The summed E-state index contributed by atoms with van der Waals surface area (Å²) in [7, 11) is 2.15. The van der Waals surface area contributed by atoms with Gasteiger partial charge in [0.05, 0.1) is 23.1 Å². The first kappa shape index (κ1) is 23.4. The Kier molecular flexibility index (Phi) is 5.92. The van der Waals surface area contributed by atoms with Gasteiger partial charge in [0.15, 0.2) is 0 Å². The van der Waals surface area contributed by atoms with Crippen molar-refractivity contribution in [3.05, 3.63) is 58.5 Å². The van der Waals surface area contributed by atoms with Crippen molar-refractivity contribution in [3.63, 3.8) is 0 Å². The molecule has 1 atom stereocenters. The number of hydrogen-bond donors (Lipinski definition) is 3. The Morgan fingerprint density at radius 2 is 2.17 bits per heavy atom. The van der Waals surface area contributed by atoms with Crippen molar-refractivity contribution in [2.24, 2.45) is 0 Å². The minimum atomic E-state index is -0.0586. The number of nitrogens with zero attached hydrogens (tertiary/aromatic N) is 2. The van der Waals surface area contributed by atoms with Crippen LogP contribution in [0.15, 0.2) is 36.7 Å². The van der Waals surface area contributed by atoms with Crippen LogP contribution in [0.2, 0.25) is 5.02 Å². The second-order valence-corrected chi connectivity index (χ2v) is 10.7. The van der Waals surface area contributed by atoms with E-state index in [9.17, 15) is 4.79 Å². The van der Waals surface area contributed by atoms with Crippen LogP contribution in [0.1, 0.15) is 54.2 Å². The number of rotatable bonds is 7. The maximum Gasteiger partial charge on any atom is 0.255 e. The Morgan fingerprint density at radius 3 is 2.92 bits per heavy atom. The molecule has 2 aliphatic heterocycles. The number of nitrogens with one attached hydrogen (secondary N) is 3. The molecule has 1 saturated heterocycles. The Morgan fingerprint density at radius 1 is 1.31 bits per heavy atom. The highest BCUT2D eigenvalue weighted by Gasteiger charge is 2.51. The SMILES string of the molecule is CCc1c(Cl)cccc1Nc1c(-c2ccncc2OC[C@@H]2CCCN2C)[nH]c2c1C(=O)NCC21CC1. The van der Waals surface area contributed by atoms with Crippen molar-refractivity contribution in [1.29, 1.82) is 0 Å². The van der Waals surface area contributed by atoms with Gasteiger partial charge < -0.3 is 25.3 Å². The van der Waals surface area contributed by atoms with Crippen LogP contribution >= 0.6 is 11.6 Å². The zero-order valence-corrected chi connectivity index (χ0v) is 21.5. The second kappa shape index (κ2) is 9.12. The maximum absolute atomic E-state index is 13.3. The normalized spacial score (nSPS) is 20.3. The molecule has 1 saturated carbocycles. The molecule has 188 valence electrons. The Hall–Kier alpha value is -3.03. The first-order valence-electron chi connectivity index (χ1n) is 12.9. The summed E-state index contributed by atoms with van der Waals surface area (Å²) in [5.74, 6) is 0.656. The molecule has 36 heavy (non-hydrogen) atoms. The van der Waals surface area contributed by atoms with Gasteiger partial charge in [-0.3, -0.25) is 9.78 Å². The smallest absolute Gasteiger partial charge is 0.255 e. The highest BCUT2D eigenvalue weighted by atomic mass is 35.5. The van der Waals surface area contributed by atoms with Crippen LogP contribution in [0.25, 0.3) is 11.3 Å². The van der Waals surface area contributed by atoms with Crippen LogP contribution < -0.4 is 15.4 Å². The summed E-state index contributed by atoms with van der Waals surface area (Å²) in [6.07, 6.45) is 8.77. The van der Waals surface area contributed by atoms with Gasteiger partial charge in [-0.05, 0) is 69.5 Å². The van der Waals surface area contributed by atoms with Crippen molar-refractivity contribution < 1.29 is 9.53 Å². The lowest BCUT2D eigenvalue weighted by molar-refractivity contribution is 0.0938. The van der Waals surface area contributed by atoms with Gasteiger partial charge in [0, 0.05) is 46.2 Å². The van der Waals surface area contributed by atoms with E-state index in [0.29, 0.717) is 35.5 Å². The van der Waals surface area contributed by atoms with Gasteiger partial charge in [0.1, 0.15) is 12.4 Å². The topological polar surface area (TPSA) is 82.3 Å². The van der Waals surface area contributed by atoms with Gasteiger partial charge in [-0.1, -0.05) is 24.6 Å². The molecular formula is C28H32ClN5O2. The first-order chi connectivity index (χ1) is 17.5. The van der Waals surface area contributed by atoms with E-state index in [1.807, 2.05) is 24.3 Å². The number of pyridine rings is 1. The number of likely N-dealkylation sites (tertiary alicyclic amines) is 1. The number of H-pyrrole nitrogens is 1. The number of aromatic amines is 1. The molecule has 3 aliphatic rings. The number of halogens is 1. The van der Waals surface area contributed by atoms with Gasteiger partial charge in [0.2, 0.25) is 0 Å². The van der Waals surface area contributed by atoms with E-state index in [2.05, 4.69) is 39.5 Å². The maximum atomic E-state index is 13.3.